The zero-order valence-corrected chi connectivity index (χ0v) is 12.8. The standard InChI is InChI=1S/C13H18N2O4S/c1-5-9(2)15-11-7-6-10(20(17,18)14(3)4)8-12(11)19-13(15)16/h6-9H,5H2,1-4H3. The summed E-state index contributed by atoms with van der Waals surface area (Å²) in [6, 6.07) is 4.50. The molecule has 1 atom stereocenters. The molecular weight excluding hydrogens is 280 g/mol. The highest BCUT2D eigenvalue weighted by Gasteiger charge is 2.20. The maximum absolute atomic E-state index is 12.1. The van der Waals surface area contributed by atoms with Crippen molar-refractivity contribution in [2.24, 2.45) is 0 Å². The summed E-state index contributed by atoms with van der Waals surface area (Å²) in [5.74, 6) is -0.464. The minimum absolute atomic E-state index is 0.0000518. The zero-order valence-electron chi connectivity index (χ0n) is 12.0. The molecule has 1 heterocycles. The second-order valence-corrected chi connectivity index (χ2v) is 7.06. The number of fused-ring (bicyclic) bond motifs is 1. The number of aromatic nitrogens is 1. The molecule has 0 amide bonds. The Balaban J connectivity index is 2.67. The van der Waals surface area contributed by atoms with E-state index in [2.05, 4.69) is 0 Å². The molecule has 0 saturated carbocycles. The van der Waals surface area contributed by atoms with Gasteiger partial charge >= 0.3 is 5.76 Å². The smallest absolute Gasteiger partial charge is 0.408 e. The minimum Gasteiger partial charge on any atom is -0.408 e. The predicted molar refractivity (Wildman–Crippen MR) is 76.3 cm³/mol. The van der Waals surface area contributed by atoms with Crippen LogP contribution in [0.4, 0.5) is 0 Å². The first-order chi connectivity index (χ1) is 9.28. The second-order valence-electron chi connectivity index (χ2n) is 4.91. The van der Waals surface area contributed by atoms with E-state index in [1.54, 1.807) is 10.6 Å². The molecule has 0 radical (unpaired) electrons. The number of nitrogens with zero attached hydrogens (tertiary/aromatic N) is 2. The third kappa shape index (κ3) is 2.27. The van der Waals surface area contributed by atoms with Gasteiger partial charge in [0.15, 0.2) is 5.58 Å². The van der Waals surface area contributed by atoms with Gasteiger partial charge in [-0.15, -0.1) is 0 Å². The molecule has 110 valence electrons. The Morgan fingerprint density at radius 2 is 2.00 bits per heavy atom. The van der Waals surface area contributed by atoms with Crippen LogP contribution in [-0.4, -0.2) is 31.4 Å². The lowest BCUT2D eigenvalue weighted by Gasteiger charge is -2.12. The largest absolute Gasteiger partial charge is 0.420 e. The lowest BCUT2D eigenvalue weighted by molar-refractivity contribution is 0.452. The van der Waals surface area contributed by atoms with Crippen molar-refractivity contribution in [2.75, 3.05) is 14.1 Å². The molecule has 1 unspecified atom stereocenters. The van der Waals surface area contributed by atoms with E-state index < -0.39 is 15.8 Å². The van der Waals surface area contributed by atoms with Crippen molar-refractivity contribution in [3.8, 4) is 0 Å². The molecule has 1 aromatic carbocycles. The second kappa shape index (κ2) is 5.06. The Hall–Kier alpha value is -1.60. The van der Waals surface area contributed by atoms with Crippen molar-refractivity contribution in [2.45, 2.75) is 31.2 Å². The first-order valence-electron chi connectivity index (χ1n) is 6.36. The number of hydrogen-bond donors (Lipinski definition) is 0. The molecule has 0 aliphatic rings. The molecule has 20 heavy (non-hydrogen) atoms. The molecule has 2 aromatic rings. The normalized spacial score (nSPS) is 14.1. The number of hydrogen-bond acceptors (Lipinski definition) is 4. The summed E-state index contributed by atoms with van der Waals surface area (Å²) >= 11 is 0. The zero-order chi connectivity index (χ0) is 15.1. The van der Waals surface area contributed by atoms with Crippen LogP contribution >= 0.6 is 0 Å². The van der Waals surface area contributed by atoms with E-state index in [1.165, 1.54) is 26.2 Å². The van der Waals surface area contributed by atoms with Crippen molar-refractivity contribution in [1.29, 1.82) is 0 Å². The lowest BCUT2D eigenvalue weighted by Crippen LogP contribution is -2.22. The molecule has 1 aromatic heterocycles. The van der Waals surface area contributed by atoms with Crippen LogP contribution in [0.5, 0.6) is 0 Å². The summed E-state index contributed by atoms with van der Waals surface area (Å²) < 4.78 is 31.9. The van der Waals surface area contributed by atoms with Gasteiger partial charge in [0.05, 0.1) is 10.4 Å². The Bertz CT molecular complexity index is 786. The van der Waals surface area contributed by atoms with E-state index in [0.717, 1.165) is 10.7 Å². The van der Waals surface area contributed by atoms with Crippen molar-refractivity contribution >= 4 is 21.1 Å². The molecule has 0 saturated heterocycles. The molecule has 0 bridgehead atoms. The maximum Gasteiger partial charge on any atom is 0.420 e. The number of benzene rings is 1. The van der Waals surface area contributed by atoms with Gasteiger partial charge in [-0.05, 0) is 25.5 Å². The third-order valence-electron chi connectivity index (χ3n) is 3.39. The predicted octanol–water partition coefficient (Wildman–Crippen LogP) is 1.82. The Morgan fingerprint density at radius 1 is 1.35 bits per heavy atom. The molecule has 0 aliphatic carbocycles. The fourth-order valence-electron chi connectivity index (χ4n) is 1.99. The van der Waals surface area contributed by atoms with Crippen LogP contribution in [0.15, 0.2) is 32.3 Å². The average Bonchev–Trinajstić information content (AvgIpc) is 2.72. The SMILES string of the molecule is CCC(C)n1c(=O)oc2cc(S(=O)(=O)N(C)C)ccc21. The molecular formula is C13H18N2O4S. The van der Waals surface area contributed by atoms with E-state index in [0.29, 0.717) is 11.1 Å². The van der Waals surface area contributed by atoms with Crippen molar-refractivity contribution in [3.63, 3.8) is 0 Å². The average molecular weight is 298 g/mol. The number of oxazole rings is 1. The molecule has 2 rings (SSSR count). The van der Waals surface area contributed by atoms with Gasteiger partial charge in [-0.25, -0.2) is 17.5 Å². The van der Waals surface area contributed by atoms with Crippen molar-refractivity contribution in [3.05, 3.63) is 28.7 Å². The monoisotopic (exact) mass is 298 g/mol. The number of rotatable bonds is 4. The first-order valence-corrected chi connectivity index (χ1v) is 7.80. The summed E-state index contributed by atoms with van der Waals surface area (Å²) in [7, 11) is -0.619. The number of sulfonamides is 1. The van der Waals surface area contributed by atoms with Gasteiger partial charge in [-0.3, -0.25) is 4.57 Å². The van der Waals surface area contributed by atoms with Crippen LogP contribution in [0.2, 0.25) is 0 Å². The van der Waals surface area contributed by atoms with Gasteiger partial charge in [0.25, 0.3) is 0 Å². The van der Waals surface area contributed by atoms with Crippen LogP contribution in [0.25, 0.3) is 11.1 Å². The summed E-state index contributed by atoms with van der Waals surface area (Å²) in [6.07, 6.45) is 0.784. The molecule has 0 aliphatic heterocycles. The summed E-state index contributed by atoms with van der Waals surface area (Å²) in [5.41, 5.74) is 0.903. The quantitative estimate of drug-likeness (QED) is 0.863. The van der Waals surface area contributed by atoms with Crippen LogP contribution < -0.4 is 5.76 Å². The van der Waals surface area contributed by atoms with Crippen LogP contribution in [0.3, 0.4) is 0 Å². The highest BCUT2D eigenvalue weighted by atomic mass is 32.2. The van der Waals surface area contributed by atoms with E-state index in [9.17, 15) is 13.2 Å². The highest BCUT2D eigenvalue weighted by Crippen LogP contribution is 2.23. The molecule has 6 nitrogen and oxygen atoms in total. The fourth-order valence-corrected chi connectivity index (χ4v) is 2.91. The third-order valence-corrected chi connectivity index (χ3v) is 5.21. The summed E-state index contributed by atoms with van der Waals surface area (Å²) in [6.45, 7) is 3.89. The van der Waals surface area contributed by atoms with Gasteiger partial charge in [-0.2, -0.15) is 0 Å². The van der Waals surface area contributed by atoms with E-state index in [4.69, 9.17) is 4.42 Å². The van der Waals surface area contributed by atoms with Gasteiger partial charge in [0.2, 0.25) is 10.0 Å². The fraction of sp³-hybridized carbons (Fsp3) is 0.462. The van der Waals surface area contributed by atoms with Crippen LogP contribution in [0.1, 0.15) is 26.3 Å². The minimum atomic E-state index is -3.54. The maximum atomic E-state index is 12.1. The Kier molecular flexibility index (Phi) is 3.75. The molecule has 0 N–H and O–H groups in total. The van der Waals surface area contributed by atoms with Crippen molar-refractivity contribution in [1.82, 2.24) is 8.87 Å². The van der Waals surface area contributed by atoms with Gasteiger partial charge < -0.3 is 4.42 Å². The molecule has 7 heteroatoms. The molecule has 0 spiro atoms. The molecule has 0 fully saturated rings. The topological polar surface area (TPSA) is 72.5 Å². The van der Waals surface area contributed by atoms with Gasteiger partial charge in [-0.1, -0.05) is 6.92 Å². The van der Waals surface area contributed by atoms with Gasteiger partial charge in [0.1, 0.15) is 0 Å². The highest BCUT2D eigenvalue weighted by molar-refractivity contribution is 7.89. The first kappa shape index (κ1) is 14.8. The summed E-state index contributed by atoms with van der Waals surface area (Å²) in [5, 5.41) is 0. The van der Waals surface area contributed by atoms with E-state index in [-0.39, 0.29) is 10.9 Å². The summed E-state index contributed by atoms with van der Waals surface area (Å²) in [4.78, 5) is 12.0. The lowest BCUT2D eigenvalue weighted by atomic mass is 10.2. The van der Waals surface area contributed by atoms with Crippen LogP contribution in [-0.2, 0) is 10.0 Å². The van der Waals surface area contributed by atoms with Crippen LogP contribution in [0, 0.1) is 0 Å². The van der Waals surface area contributed by atoms with Crippen molar-refractivity contribution < 1.29 is 12.8 Å². The Labute approximate surface area is 117 Å². The van der Waals surface area contributed by atoms with E-state index in [1.807, 2.05) is 13.8 Å². The Morgan fingerprint density at radius 3 is 2.55 bits per heavy atom. The van der Waals surface area contributed by atoms with E-state index >= 15 is 0 Å². The van der Waals surface area contributed by atoms with Gasteiger partial charge in [0, 0.05) is 26.2 Å².